The Morgan fingerprint density at radius 2 is 1.54 bits per heavy atom. The van der Waals surface area contributed by atoms with E-state index in [0.717, 1.165) is 24.0 Å². The molecule has 1 unspecified atom stereocenters. The van der Waals surface area contributed by atoms with E-state index in [9.17, 15) is 0 Å². The quantitative estimate of drug-likeness (QED) is 0.619. The number of hydrogen-bond acceptors (Lipinski definition) is 2. The molecule has 0 bridgehead atoms. The SMILES string of the molecule is C=NC(N)(c1ccccc1)c1cc(C(C)C)c(C(C)C)c(CC)c1CC. The van der Waals surface area contributed by atoms with Gasteiger partial charge in [0, 0.05) is 5.56 Å². The van der Waals surface area contributed by atoms with Crippen LogP contribution in [0, 0.1) is 0 Å². The van der Waals surface area contributed by atoms with Gasteiger partial charge in [0.25, 0.3) is 0 Å². The maximum Gasteiger partial charge on any atom is 0.159 e. The van der Waals surface area contributed by atoms with Crippen molar-refractivity contribution in [1.29, 1.82) is 0 Å². The van der Waals surface area contributed by atoms with Gasteiger partial charge in [-0.05, 0) is 59.2 Å². The van der Waals surface area contributed by atoms with Crippen molar-refractivity contribution in [2.45, 2.75) is 71.9 Å². The van der Waals surface area contributed by atoms with Crippen LogP contribution in [0.5, 0.6) is 0 Å². The smallest absolute Gasteiger partial charge is 0.159 e. The summed E-state index contributed by atoms with van der Waals surface area (Å²) < 4.78 is 0. The molecule has 2 N–H and O–H groups in total. The highest BCUT2D eigenvalue weighted by molar-refractivity contribution is 5.55. The van der Waals surface area contributed by atoms with Gasteiger partial charge in [0.2, 0.25) is 0 Å². The number of hydrogen-bond donors (Lipinski definition) is 1. The summed E-state index contributed by atoms with van der Waals surface area (Å²) >= 11 is 0. The van der Waals surface area contributed by atoms with E-state index >= 15 is 0 Å². The first-order valence-electron chi connectivity index (χ1n) is 9.82. The molecule has 0 amide bonds. The monoisotopic (exact) mass is 350 g/mol. The van der Waals surface area contributed by atoms with Crippen LogP contribution in [0.25, 0.3) is 0 Å². The second-order valence-corrected chi connectivity index (χ2v) is 7.69. The van der Waals surface area contributed by atoms with E-state index in [1.54, 1.807) is 0 Å². The van der Waals surface area contributed by atoms with Crippen molar-refractivity contribution in [2.24, 2.45) is 10.7 Å². The first kappa shape index (κ1) is 20.4. The van der Waals surface area contributed by atoms with Crippen LogP contribution in [0.1, 0.15) is 86.8 Å². The molecule has 0 radical (unpaired) electrons. The minimum Gasteiger partial charge on any atom is -0.300 e. The van der Waals surface area contributed by atoms with Crippen LogP contribution in [0.3, 0.4) is 0 Å². The Kier molecular flexibility index (Phi) is 6.41. The lowest BCUT2D eigenvalue weighted by Gasteiger charge is -2.33. The average molecular weight is 351 g/mol. The fourth-order valence-electron chi connectivity index (χ4n) is 4.15. The summed E-state index contributed by atoms with van der Waals surface area (Å²) in [7, 11) is 0. The number of nitrogens with two attached hydrogens (primary N) is 1. The van der Waals surface area contributed by atoms with Crippen LogP contribution in [-0.2, 0) is 18.5 Å². The van der Waals surface area contributed by atoms with E-state index in [4.69, 9.17) is 5.73 Å². The van der Waals surface area contributed by atoms with Gasteiger partial charge in [0.15, 0.2) is 5.66 Å². The van der Waals surface area contributed by atoms with E-state index in [0.29, 0.717) is 11.8 Å². The minimum absolute atomic E-state index is 0.437. The molecule has 0 aliphatic carbocycles. The van der Waals surface area contributed by atoms with Crippen molar-refractivity contribution >= 4 is 6.72 Å². The predicted molar refractivity (Wildman–Crippen MR) is 114 cm³/mol. The minimum atomic E-state index is -0.921. The van der Waals surface area contributed by atoms with Gasteiger partial charge < -0.3 is 0 Å². The van der Waals surface area contributed by atoms with Gasteiger partial charge in [-0.25, -0.2) is 0 Å². The summed E-state index contributed by atoms with van der Waals surface area (Å²) in [5.41, 5.74) is 13.7. The van der Waals surface area contributed by atoms with E-state index in [-0.39, 0.29) is 0 Å². The van der Waals surface area contributed by atoms with Gasteiger partial charge in [0.1, 0.15) is 0 Å². The molecule has 0 spiro atoms. The van der Waals surface area contributed by atoms with Gasteiger partial charge in [-0.3, -0.25) is 10.7 Å². The third-order valence-electron chi connectivity index (χ3n) is 5.41. The largest absolute Gasteiger partial charge is 0.300 e. The highest BCUT2D eigenvalue weighted by Crippen LogP contribution is 2.40. The Morgan fingerprint density at radius 1 is 0.962 bits per heavy atom. The highest BCUT2D eigenvalue weighted by Gasteiger charge is 2.33. The van der Waals surface area contributed by atoms with Crippen LogP contribution in [0.2, 0.25) is 0 Å². The maximum absolute atomic E-state index is 6.91. The molecule has 2 aromatic rings. The topological polar surface area (TPSA) is 38.4 Å². The van der Waals surface area contributed by atoms with Crippen LogP contribution in [-0.4, -0.2) is 6.72 Å². The Morgan fingerprint density at radius 3 is 1.96 bits per heavy atom. The molecule has 0 aromatic heterocycles. The van der Waals surface area contributed by atoms with Crippen LogP contribution in [0.4, 0.5) is 0 Å². The molecule has 1 atom stereocenters. The second kappa shape index (κ2) is 8.18. The number of rotatable bonds is 7. The van der Waals surface area contributed by atoms with Crippen molar-refractivity contribution < 1.29 is 0 Å². The molecule has 0 fully saturated rings. The standard InChI is InChI=1S/C24H34N2/c1-8-19-20(9-2)23(17(5)6)21(16(3)4)15-22(19)24(25,26-7)18-13-11-10-12-14-18/h10-17H,7-9,25H2,1-6H3. The van der Waals surface area contributed by atoms with Gasteiger partial charge in [-0.1, -0.05) is 77.9 Å². The van der Waals surface area contributed by atoms with E-state index in [2.05, 4.69) is 59.3 Å². The first-order valence-corrected chi connectivity index (χ1v) is 9.82. The van der Waals surface area contributed by atoms with Crippen molar-refractivity contribution in [3.05, 3.63) is 69.8 Å². The fraction of sp³-hybridized carbons (Fsp3) is 0.458. The molecule has 26 heavy (non-hydrogen) atoms. The lowest BCUT2D eigenvalue weighted by atomic mass is 9.77. The highest BCUT2D eigenvalue weighted by atomic mass is 15.0. The van der Waals surface area contributed by atoms with Crippen molar-refractivity contribution in [2.75, 3.05) is 0 Å². The molecular formula is C24H34N2. The van der Waals surface area contributed by atoms with Crippen molar-refractivity contribution in [1.82, 2.24) is 0 Å². The van der Waals surface area contributed by atoms with Crippen LogP contribution >= 0.6 is 0 Å². The summed E-state index contributed by atoms with van der Waals surface area (Å²) in [5.74, 6) is 0.925. The molecule has 0 heterocycles. The molecule has 140 valence electrons. The predicted octanol–water partition coefficient (Wildman–Crippen LogP) is 5.92. The summed E-state index contributed by atoms with van der Waals surface area (Å²) in [6, 6.07) is 12.4. The zero-order valence-corrected chi connectivity index (χ0v) is 17.3. The Bertz CT molecular complexity index is 760. The number of nitrogens with zero attached hydrogens (tertiary/aromatic N) is 1. The molecule has 0 saturated heterocycles. The van der Waals surface area contributed by atoms with E-state index in [1.165, 1.54) is 22.3 Å². The lowest BCUT2D eigenvalue weighted by Crippen LogP contribution is -2.37. The number of aliphatic imine (C=N–C) groups is 1. The molecule has 2 nitrogen and oxygen atoms in total. The Balaban J connectivity index is 2.91. The summed E-state index contributed by atoms with van der Waals surface area (Å²) in [6.45, 7) is 17.4. The third-order valence-corrected chi connectivity index (χ3v) is 5.41. The first-order chi connectivity index (χ1) is 12.3. The van der Waals surface area contributed by atoms with Crippen molar-refractivity contribution in [3.8, 4) is 0 Å². The Labute approximate surface area is 159 Å². The van der Waals surface area contributed by atoms with Crippen LogP contribution in [0.15, 0.2) is 41.4 Å². The molecular weight excluding hydrogens is 316 g/mol. The summed E-state index contributed by atoms with van der Waals surface area (Å²) in [6.07, 6.45) is 1.95. The maximum atomic E-state index is 6.91. The van der Waals surface area contributed by atoms with E-state index in [1.807, 2.05) is 30.3 Å². The molecule has 0 aliphatic rings. The zero-order chi connectivity index (χ0) is 19.5. The normalized spacial score (nSPS) is 13.9. The zero-order valence-electron chi connectivity index (χ0n) is 17.3. The molecule has 2 heteroatoms. The van der Waals surface area contributed by atoms with Gasteiger partial charge in [-0.2, -0.15) is 0 Å². The molecule has 2 aromatic carbocycles. The molecule has 0 saturated carbocycles. The third kappa shape index (κ3) is 3.48. The molecule has 0 aliphatic heterocycles. The van der Waals surface area contributed by atoms with Crippen molar-refractivity contribution in [3.63, 3.8) is 0 Å². The summed E-state index contributed by atoms with van der Waals surface area (Å²) in [5, 5.41) is 0. The lowest BCUT2D eigenvalue weighted by molar-refractivity contribution is 0.565. The van der Waals surface area contributed by atoms with Gasteiger partial charge in [0.05, 0.1) is 0 Å². The fourth-order valence-corrected chi connectivity index (χ4v) is 4.15. The number of benzene rings is 2. The summed E-state index contributed by atoms with van der Waals surface area (Å²) in [4.78, 5) is 4.45. The van der Waals surface area contributed by atoms with Gasteiger partial charge >= 0.3 is 0 Å². The average Bonchev–Trinajstić information content (AvgIpc) is 2.65. The Hall–Kier alpha value is -1.93. The molecule has 2 rings (SSSR count). The van der Waals surface area contributed by atoms with Gasteiger partial charge in [-0.15, -0.1) is 0 Å². The second-order valence-electron chi connectivity index (χ2n) is 7.69. The van der Waals surface area contributed by atoms with E-state index < -0.39 is 5.66 Å². The van der Waals surface area contributed by atoms with Crippen LogP contribution < -0.4 is 5.73 Å².